The number of para-hydroxylation sites is 1. The molecule has 0 fully saturated rings. The molecule has 1 atom stereocenters. The molecule has 0 aliphatic rings. The van der Waals surface area contributed by atoms with E-state index in [1.54, 1.807) is 7.11 Å². The van der Waals surface area contributed by atoms with E-state index in [1.165, 1.54) is 22.3 Å². The number of aryl methyl sites for hydroxylation is 1. The van der Waals surface area contributed by atoms with E-state index in [0.29, 0.717) is 5.92 Å². The van der Waals surface area contributed by atoms with Crippen LogP contribution in [0.1, 0.15) is 42.0 Å². The Bertz CT molecular complexity index is 572. The molecule has 2 aromatic carbocycles. The third kappa shape index (κ3) is 3.04. The standard InChI is InChI=1S/C19H24O/c1-5-16-9-8-10-17(15(16)3)13-14(2)18-11-6-7-12-19(18)20-4/h6-12,14H,5,13H2,1-4H3. The summed E-state index contributed by atoms with van der Waals surface area (Å²) in [6.07, 6.45) is 2.16. The molecule has 0 saturated carbocycles. The first kappa shape index (κ1) is 14.6. The molecule has 0 aliphatic heterocycles. The van der Waals surface area contributed by atoms with Gasteiger partial charge in [-0.3, -0.25) is 0 Å². The average Bonchev–Trinajstić information content (AvgIpc) is 2.49. The first-order chi connectivity index (χ1) is 9.67. The predicted molar refractivity (Wildman–Crippen MR) is 85.7 cm³/mol. The minimum atomic E-state index is 0.456. The summed E-state index contributed by atoms with van der Waals surface area (Å²) < 4.78 is 5.48. The SMILES string of the molecule is CCc1cccc(CC(C)c2ccccc2OC)c1C. The molecule has 2 rings (SSSR count). The van der Waals surface area contributed by atoms with Crippen molar-refractivity contribution in [3.05, 3.63) is 64.7 Å². The molecule has 0 amide bonds. The topological polar surface area (TPSA) is 9.23 Å². The minimum absolute atomic E-state index is 0.456. The van der Waals surface area contributed by atoms with Gasteiger partial charge in [0, 0.05) is 0 Å². The van der Waals surface area contributed by atoms with Crippen molar-refractivity contribution in [3.63, 3.8) is 0 Å². The summed E-state index contributed by atoms with van der Waals surface area (Å²) in [5, 5.41) is 0. The lowest BCUT2D eigenvalue weighted by Gasteiger charge is -2.18. The van der Waals surface area contributed by atoms with Crippen molar-refractivity contribution in [1.29, 1.82) is 0 Å². The summed E-state index contributed by atoms with van der Waals surface area (Å²) in [5.74, 6) is 1.45. The Morgan fingerprint density at radius 3 is 2.40 bits per heavy atom. The molecule has 2 aromatic rings. The van der Waals surface area contributed by atoms with Crippen LogP contribution in [-0.2, 0) is 12.8 Å². The molecule has 0 spiro atoms. The maximum atomic E-state index is 5.48. The monoisotopic (exact) mass is 268 g/mol. The van der Waals surface area contributed by atoms with Crippen molar-refractivity contribution >= 4 is 0 Å². The Morgan fingerprint density at radius 2 is 1.70 bits per heavy atom. The third-order valence-electron chi connectivity index (χ3n) is 4.14. The van der Waals surface area contributed by atoms with E-state index in [-0.39, 0.29) is 0 Å². The fraction of sp³-hybridized carbons (Fsp3) is 0.368. The summed E-state index contributed by atoms with van der Waals surface area (Å²) in [6, 6.07) is 15.0. The van der Waals surface area contributed by atoms with Crippen molar-refractivity contribution in [1.82, 2.24) is 0 Å². The van der Waals surface area contributed by atoms with Crippen molar-refractivity contribution < 1.29 is 4.74 Å². The van der Waals surface area contributed by atoms with Crippen LogP contribution in [-0.4, -0.2) is 7.11 Å². The molecular weight excluding hydrogens is 244 g/mol. The first-order valence-corrected chi connectivity index (χ1v) is 7.37. The highest BCUT2D eigenvalue weighted by atomic mass is 16.5. The van der Waals surface area contributed by atoms with Gasteiger partial charge in [-0.15, -0.1) is 0 Å². The van der Waals surface area contributed by atoms with E-state index in [9.17, 15) is 0 Å². The lowest BCUT2D eigenvalue weighted by Crippen LogP contribution is -2.03. The fourth-order valence-corrected chi connectivity index (χ4v) is 2.85. The summed E-state index contributed by atoms with van der Waals surface area (Å²) in [7, 11) is 1.74. The van der Waals surface area contributed by atoms with E-state index in [2.05, 4.69) is 51.1 Å². The molecule has 0 N–H and O–H groups in total. The second-order valence-electron chi connectivity index (χ2n) is 5.40. The highest BCUT2D eigenvalue weighted by Crippen LogP contribution is 2.30. The Balaban J connectivity index is 2.26. The number of methoxy groups -OCH3 is 1. The van der Waals surface area contributed by atoms with Crippen LogP contribution in [0, 0.1) is 6.92 Å². The van der Waals surface area contributed by atoms with E-state index in [1.807, 2.05) is 12.1 Å². The molecule has 20 heavy (non-hydrogen) atoms. The van der Waals surface area contributed by atoms with Crippen LogP contribution in [0.2, 0.25) is 0 Å². The summed E-state index contributed by atoms with van der Waals surface area (Å²) in [5.41, 5.74) is 5.63. The van der Waals surface area contributed by atoms with Crippen LogP contribution in [0.15, 0.2) is 42.5 Å². The van der Waals surface area contributed by atoms with Crippen LogP contribution < -0.4 is 4.74 Å². The van der Waals surface area contributed by atoms with Gasteiger partial charge in [-0.2, -0.15) is 0 Å². The van der Waals surface area contributed by atoms with Crippen LogP contribution >= 0.6 is 0 Å². The zero-order chi connectivity index (χ0) is 14.5. The largest absolute Gasteiger partial charge is 0.496 e. The van der Waals surface area contributed by atoms with Gasteiger partial charge in [-0.05, 0) is 54.0 Å². The molecular formula is C19H24O. The first-order valence-electron chi connectivity index (χ1n) is 7.37. The molecule has 0 aliphatic carbocycles. The van der Waals surface area contributed by atoms with Crippen molar-refractivity contribution in [2.45, 2.75) is 39.5 Å². The van der Waals surface area contributed by atoms with Gasteiger partial charge in [0.1, 0.15) is 5.75 Å². The van der Waals surface area contributed by atoms with E-state index < -0.39 is 0 Å². The lowest BCUT2D eigenvalue weighted by atomic mass is 9.89. The van der Waals surface area contributed by atoms with Gasteiger partial charge in [0.25, 0.3) is 0 Å². The molecule has 106 valence electrons. The molecule has 1 unspecified atom stereocenters. The van der Waals surface area contributed by atoms with Gasteiger partial charge >= 0.3 is 0 Å². The molecule has 0 radical (unpaired) electrons. The summed E-state index contributed by atoms with van der Waals surface area (Å²) in [6.45, 7) is 6.73. The van der Waals surface area contributed by atoms with E-state index in [0.717, 1.165) is 18.6 Å². The average molecular weight is 268 g/mol. The van der Waals surface area contributed by atoms with Gasteiger partial charge < -0.3 is 4.74 Å². The van der Waals surface area contributed by atoms with E-state index >= 15 is 0 Å². The molecule has 1 heteroatoms. The maximum Gasteiger partial charge on any atom is 0.122 e. The van der Waals surface area contributed by atoms with Crippen LogP contribution in [0.5, 0.6) is 5.75 Å². The third-order valence-corrected chi connectivity index (χ3v) is 4.14. The number of rotatable bonds is 5. The molecule has 1 nitrogen and oxygen atoms in total. The Kier molecular flexibility index (Phi) is 4.84. The van der Waals surface area contributed by atoms with Crippen molar-refractivity contribution in [2.75, 3.05) is 7.11 Å². The number of hydrogen-bond acceptors (Lipinski definition) is 1. The summed E-state index contributed by atoms with van der Waals surface area (Å²) >= 11 is 0. The predicted octanol–water partition coefficient (Wildman–Crippen LogP) is 4.91. The zero-order valence-electron chi connectivity index (χ0n) is 12.9. The van der Waals surface area contributed by atoms with Gasteiger partial charge in [0.15, 0.2) is 0 Å². The molecule has 0 saturated heterocycles. The van der Waals surface area contributed by atoms with E-state index in [4.69, 9.17) is 4.74 Å². The number of ether oxygens (including phenoxy) is 1. The van der Waals surface area contributed by atoms with Crippen LogP contribution in [0.25, 0.3) is 0 Å². The summed E-state index contributed by atoms with van der Waals surface area (Å²) in [4.78, 5) is 0. The highest BCUT2D eigenvalue weighted by molar-refractivity contribution is 5.39. The Labute approximate surface area is 122 Å². The molecule has 0 bridgehead atoms. The minimum Gasteiger partial charge on any atom is -0.496 e. The van der Waals surface area contributed by atoms with Gasteiger partial charge in [0.05, 0.1) is 7.11 Å². The second kappa shape index (κ2) is 6.60. The van der Waals surface area contributed by atoms with Crippen LogP contribution in [0.3, 0.4) is 0 Å². The Morgan fingerprint density at radius 1 is 1.00 bits per heavy atom. The fourth-order valence-electron chi connectivity index (χ4n) is 2.85. The second-order valence-corrected chi connectivity index (χ2v) is 5.40. The van der Waals surface area contributed by atoms with Gasteiger partial charge in [-0.1, -0.05) is 50.2 Å². The zero-order valence-corrected chi connectivity index (χ0v) is 12.9. The normalized spacial score (nSPS) is 12.2. The number of benzene rings is 2. The maximum absolute atomic E-state index is 5.48. The van der Waals surface area contributed by atoms with Gasteiger partial charge in [-0.25, -0.2) is 0 Å². The lowest BCUT2D eigenvalue weighted by molar-refractivity contribution is 0.406. The van der Waals surface area contributed by atoms with Crippen molar-refractivity contribution in [2.24, 2.45) is 0 Å². The van der Waals surface area contributed by atoms with Crippen LogP contribution in [0.4, 0.5) is 0 Å². The van der Waals surface area contributed by atoms with Crippen molar-refractivity contribution in [3.8, 4) is 5.75 Å². The molecule has 0 heterocycles. The quantitative estimate of drug-likeness (QED) is 0.748. The van der Waals surface area contributed by atoms with Gasteiger partial charge in [0.2, 0.25) is 0 Å². The smallest absolute Gasteiger partial charge is 0.122 e. The molecule has 0 aromatic heterocycles. The number of hydrogen-bond donors (Lipinski definition) is 0. The highest BCUT2D eigenvalue weighted by Gasteiger charge is 2.13. The Hall–Kier alpha value is -1.76.